The highest BCUT2D eigenvalue weighted by Gasteiger charge is 2.29. The van der Waals surface area contributed by atoms with E-state index in [0.29, 0.717) is 48.5 Å². The Hall–Kier alpha value is -3.46. The Labute approximate surface area is 196 Å². The van der Waals surface area contributed by atoms with Crippen molar-refractivity contribution in [2.24, 2.45) is 5.92 Å². The third-order valence-corrected chi connectivity index (χ3v) is 6.06. The molecule has 4 rings (SSSR count). The average molecular weight is 467 g/mol. The lowest BCUT2D eigenvalue weighted by atomic mass is 9.96. The second-order valence-electron chi connectivity index (χ2n) is 7.66. The van der Waals surface area contributed by atoms with Gasteiger partial charge in [-0.1, -0.05) is 0 Å². The first-order valence-corrected chi connectivity index (χ1v) is 11.8. The molecule has 1 aliphatic heterocycles. The Morgan fingerprint density at radius 2 is 2.00 bits per heavy atom. The monoisotopic (exact) mass is 466 g/mol. The molecule has 1 saturated heterocycles. The van der Waals surface area contributed by atoms with Gasteiger partial charge in [0.05, 0.1) is 12.5 Å². The zero-order valence-electron chi connectivity index (χ0n) is 18.4. The topological polar surface area (TPSA) is 93.7 Å². The molecule has 33 heavy (non-hydrogen) atoms. The normalized spacial score (nSPS) is 15.7. The maximum absolute atomic E-state index is 13.2. The van der Waals surface area contributed by atoms with Gasteiger partial charge in [0.1, 0.15) is 6.61 Å². The van der Waals surface area contributed by atoms with Crippen molar-refractivity contribution >= 4 is 28.3 Å². The van der Waals surface area contributed by atoms with Crippen LogP contribution in [-0.2, 0) is 11.4 Å². The highest BCUT2D eigenvalue weighted by molar-refractivity contribution is 7.13. The fourth-order valence-corrected chi connectivity index (χ4v) is 4.25. The zero-order chi connectivity index (χ0) is 23.0. The number of hydrogen-bond donors (Lipinski definition) is 1. The van der Waals surface area contributed by atoms with Gasteiger partial charge in [-0.2, -0.15) is 0 Å². The van der Waals surface area contributed by atoms with E-state index in [0.717, 1.165) is 18.4 Å². The SMILES string of the molecule is CCOc1cc(C(=O)N2CCCC(C(=O)Nc3nccs3)C2)ccc1OCc1ccncc1. The van der Waals surface area contributed by atoms with Crippen LogP contribution in [0.3, 0.4) is 0 Å². The van der Waals surface area contributed by atoms with Crippen LogP contribution in [0.4, 0.5) is 5.13 Å². The lowest BCUT2D eigenvalue weighted by Crippen LogP contribution is -2.43. The number of thiazole rings is 1. The molecule has 1 unspecified atom stereocenters. The maximum Gasteiger partial charge on any atom is 0.254 e. The third kappa shape index (κ3) is 5.87. The molecule has 0 saturated carbocycles. The predicted molar refractivity (Wildman–Crippen MR) is 126 cm³/mol. The van der Waals surface area contributed by atoms with Crippen LogP contribution < -0.4 is 14.8 Å². The minimum Gasteiger partial charge on any atom is -0.490 e. The molecule has 0 aliphatic carbocycles. The van der Waals surface area contributed by atoms with Gasteiger partial charge < -0.3 is 19.7 Å². The molecule has 1 atom stereocenters. The highest BCUT2D eigenvalue weighted by atomic mass is 32.1. The lowest BCUT2D eigenvalue weighted by Gasteiger charge is -2.32. The Bertz CT molecular complexity index is 1080. The summed E-state index contributed by atoms with van der Waals surface area (Å²) in [6, 6.07) is 8.99. The number of ether oxygens (including phenoxy) is 2. The van der Waals surface area contributed by atoms with Crippen LogP contribution in [0.25, 0.3) is 0 Å². The smallest absolute Gasteiger partial charge is 0.254 e. The van der Waals surface area contributed by atoms with Gasteiger partial charge in [-0.3, -0.25) is 14.6 Å². The molecule has 1 aliphatic rings. The van der Waals surface area contributed by atoms with E-state index in [1.54, 1.807) is 41.7 Å². The number of carbonyl (C=O) groups excluding carboxylic acids is 2. The summed E-state index contributed by atoms with van der Waals surface area (Å²) in [6.45, 7) is 3.70. The van der Waals surface area contributed by atoms with Crippen LogP contribution in [0.15, 0.2) is 54.3 Å². The molecule has 3 heterocycles. The summed E-state index contributed by atoms with van der Waals surface area (Å²) < 4.78 is 11.7. The molecule has 2 aromatic heterocycles. The van der Waals surface area contributed by atoms with Crippen molar-refractivity contribution in [3.63, 3.8) is 0 Å². The fraction of sp³-hybridized carbons (Fsp3) is 0.333. The number of nitrogens with one attached hydrogen (secondary N) is 1. The third-order valence-electron chi connectivity index (χ3n) is 5.38. The summed E-state index contributed by atoms with van der Waals surface area (Å²) in [5, 5.41) is 5.23. The number of pyridine rings is 1. The molecule has 2 amide bonds. The molecular weight excluding hydrogens is 440 g/mol. The predicted octanol–water partition coefficient (Wildman–Crippen LogP) is 4.01. The number of rotatable bonds is 8. The van der Waals surface area contributed by atoms with Gasteiger partial charge in [-0.05, 0) is 55.7 Å². The van der Waals surface area contributed by atoms with Gasteiger partial charge >= 0.3 is 0 Å². The minimum atomic E-state index is -0.263. The largest absolute Gasteiger partial charge is 0.490 e. The molecule has 8 nitrogen and oxygen atoms in total. The molecule has 1 N–H and O–H groups in total. The molecule has 0 radical (unpaired) electrons. The number of nitrogens with zero attached hydrogens (tertiary/aromatic N) is 3. The number of anilines is 1. The Morgan fingerprint density at radius 3 is 2.76 bits per heavy atom. The van der Waals surface area contributed by atoms with Crippen LogP contribution >= 0.6 is 11.3 Å². The number of likely N-dealkylation sites (tertiary alicyclic amines) is 1. The number of aromatic nitrogens is 2. The lowest BCUT2D eigenvalue weighted by molar-refractivity contribution is -0.121. The minimum absolute atomic E-state index is 0.0997. The van der Waals surface area contributed by atoms with Crippen LogP contribution in [0.1, 0.15) is 35.7 Å². The molecule has 3 aromatic rings. The number of benzene rings is 1. The first-order valence-electron chi connectivity index (χ1n) is 10.9. The van der Waals surface area contributed by atoms with Gasteiger partial charge in [0.25, 0.3) is 5.91 Å². The number of amides is 2. The maximum atomic E-state index is 13.2. The summed E-state index contributed by atoms with van der Waals surface area (Å²) in [6.07, 6.45) is 6.59. The summed E-state index contributed by atoms with van der Waals surface area (Å²) in [4.78, 5) is 35.7. The van der Waals surface area contributed by atoms with Gasteiger partial charge in [0.2, 0.25) is 5.91 Å². The molecule has 172 valence electrons. The zero-order valence-corrected chi connectivity index (χ0v) is 19.2. The number of piperidine rings is 1. The standard InChI is InChI=1S/C24H26N4O4S/c1-2-31-21-14-18(5-6-20(21)32-16-17-7-9-25-10-8-17)23(30)28-12-3-4-19(15-28)22(29)27-24-26-11-13-33-24/h5-11,13-14,19H,2-4,12,15-16H2,1H3,(H,26,27,29). The molecular formula is C24H26N4O4S. The molecule has 0 spiro atoms. The van der Waals surface area contributed by atoms with Crippen molar-refractivity contribution in [3.05, 3.63) is 65.4 Å². The van der Waals surface area contributed by atoms with Crippen LogP contribution in [0, 0.1) is 5.92 Å². The molecule has 1 aromatic carbocycles. The van der Waals surface area contributed by atoms with Crippen molar-refractivity contribution in [1.29, 1.82) is 0 Å². The van der Waals surface area contributed by atoms with Gasteiger partial charge in [0, 0.05) is 42.6 Å². The Morgan fingerprint density at radius 1 is 1.15 bits per heavy atom. The van der Waals surface area contributed by atoms with E-state index in [4.69, 9.17) is 9.47 Å². The van der Waals surface area contributed by atoms with Crippen LogP contribution in [0.5, 0.6) is 11.5 Å². The summed E-state index contributed by atoms with van der Waals surface area (Å²) >= 11 is 1.38. The van der Waals surface area contributed by atoms with Crippen molar-refractivity contribution in [3.8, 4) is 11.5 Å². The van der Waals surface area contributed by atoms with Gasteiger partial charge in [-0.15, -0.1) is 11.3 Å². The Balaban J connectivity index is 1.43. The van der Waals surface area contributed by atoms with E-state index in [1.165, 1.54) is 11.3 Å². The molecule has 0 bridgehead atoms. The molecule has 9 heteroatoms. The summed E-state index contributed by atoms with van der Waals surface area (Å²) in [5.41, 5.74) is 1.50. The highest BCUT2D eigenvalue weighted by Crippen LogP contribution is 2.30. The van der Waals surface area contributed by atoms with Crippen molar-refractivity contribution in [1.82, 2.24) is 14.9 Å². The number of carbonyl (C=O) groups is 2. The van der Waals surface area contributed by atoms with E-state index in [2.05, 4.69) is 15.3 Å². The van der Waals surface area contributed by atoms with E-state index < -0.39 is 0 Å². The fourth-order valence-electron chi connectivity index (χ4n) is 3.72. The van der Waals surface area contributed by atoms with Crippen LogP contribution in [-0.4, -0.2) is 46.4 Å². The van der Waals surface area contributed by atoms with E-state index in [-0.39, 0.29) is 17.7 Å². The summed E-state index contributed by atoms with van der Waals surface area (Å²) in [7, 11) is 0. The second-order valence-corrected chi connectivity index (χ2v) is 8.55. The van der Waals surface area contributed by atoms with Gasteiger partial charge in [-0.25, -0.2) is 4.98 Å². The van der Waals surface area contributed by atoms with Crippen molar-refractivity contribution in [2.45, 2.75) is 26.4 Å². The van der Waals surface area contributed by atoms with E-state index in [1.807, 2.05) is 24.4 Å². The quantitative estimate of drug-likeness (QED) is 0.539. The first kappa shape index (κ1) is 22.7. The van der Waals surface area contributed by atoms with E-state index >= 15 is 0 Å². The average Bonchev–Trinajstić information content (AvgIpc) is 3.37. The van der Waals surface area contributed by atoms with Crippen LogP contribution in [0.2, 0.25) is 0 Å². The number of hydrogen-bond acceptors (Lipinski definition) is 7. The Kier molecular flexibility index (Phi) is 7.51. The summed E-state index contributed by atoms with van der Waals surface area (Å²) in [5.74, 6) is 0.610. The van der Waals surface area contributed by atoms with Crippen molar-refractivity contribution < 1.29 is 19.1 Å². The van der Waals surface area contributed by atoms with E-state index in [9.17, 15) is 9.59 Å². The first-order chi connectivity index (χ1) is 16.1. The second kappa shape index (κ2) is 10.9. The van der Waals surface area contributed by atoms with Crippen molar-refractivity contribution in [2.75, 3.05) is 25.0 Å². The van der Waals surface area contributed by atoms with Gasteiger partial charge in [0.15, 0.2) is 16.6 Å². The molecule has 1 fully saturated rings.